The number of aromatic nitrogens is 2. The number of nitrogens with zero attached hydrogens (tertiary/aromatic N) is 3. The summed E-state index contributed by atoms with van der Waals surface area (Å²) < 4.78 is 46.7. The molecule has 3 aromatic rings. The Balaban J connectivity index is 1.81. The van der Waals surface area contributed by atoms with Crippen molar-refractivity contribution in [2.75, 3.05) is 18.2 Å². The molecule has 0 saturated carbocycles. The van der Waals surface area contributed by atoms with Crippen LogP contribution in [-0.2, 0) is 14.6 Å². The zero-order chi connectivity index (χ0) is 25.6. The third kappa shape index (κ3) is 6.69. The van der Waals surface area contributed by atoms with E-state index in [2.05, 4.69) is 15.5 Å². The van der Waals surface area contributed by atoms with Crippen LogP contribution in [0.4, 0.5) is 9.52 Å². The molecule has 13 heteroatoms. The van der Waals surface area contributed by atoms with E-state index in [1.807, 2.05) is 0 Å². The molecule has 0 aliphatic rings. The first-order valence-electron chi connectivity index (χ1n) is 9.82. The predicted molar refractivity (Wildman–Crippen MR) is 124 cm³/mol. The normalized spacial score (nSPS) is 11.4. The van der Waals surface area contributed by atoms with Crippen LogP contribution in [0, 0.1) is 17.1 Å². The summed E-state index contributed by atoms with van der Waals surface area (Å²) >= 11 is 0.650. The van der Waals surface area contributed by atoms with Crippen LogP contribution >= 0.6 is 11.3 Å². The number of sulfone groups is 1. The molecule has 0 atom stereocenters. The van der Waals surface area contributed by atoms with E-state index in [9.17, 15) is 27.7 Å². The van der Waals surface area contributed by atoms with E-state index in [1.165, 1.54) is 36.4 Å². The van der Waals surface area contributed by atoms with Crippen LogP contribution in [0.2, 0.25) is 0 Å². The highest BCUT2D eigenvalue weighted by atomic mass is 32.2. The molecule has 0 unspecified atom stereocenters. The van der Waals surface area contributed by atoms with Crippen LogP contribution in [0.5, 0.6) is 11.5 Å². The number of benzene rings is 2. The van der Waals surface area contributed by atoms with Crippen LogP contribution in [0.25, 0.3) is 6.08 Å². The highest BCUT2D eigenvalue weighted by Gasteiger charge is 2.18. The van der Waals surface area contributed by atoms with Crippen molar-refractivity contribution in [2.45, 2.75) is 11.3 Å². The smallest absolute Gasteiger partial charge is 0.343 e. The quantitative estimate of drug-likeness (QED) is 0.157. The number of rotatable bonds is 8. The van der Waals surface area contributed by atoms with Crippen LogP contribution in [0.1, 0.15) is 22.8 Å². The van der Waals surface area contributed by atoms with E-state index >= 15 is 0 Å². The molecule has 0 saturated heterocycles. The maximum absolute atomic E-state index is 13.1. The molecule has 1 amide bonds. The summed E-state index contributed by atoms with van der Waals surface area (Å²) in [5.41, 5.74) is 0.215. The zero-order valence-corrected chi connectivity index (χ0v) is 19.9. The summed E-state index contributed by atoms with van der Waals surface area (Å²) in [6.45, 7) is 1.95. The number of nitriles is 1. The average Bonchev–Trinajstić information content (AvgIpc) is 3.28. The molecule has 1 aromatic heterocycles. The number of ether oxygens (including phenoxy) is 2. The molecule has 180 valence electrons. The SMILES string of the molecule is CCOc1cc(C=C(C#N)C(=O)Nc2nnc(S(C)(=O)=O)s2)ccc1OC(=O)c1ccc(F)cc1. The number of carbonyl (C=O) groups excluding carboxylic acids is 2. The first-order chi connectivity index (χ1) is 16.6. The van der Waals surface area contributed by atoms with Gasteiger partial charge in [0.25, 0.3) is 5.91 Å². The second kappa shape index (κ2) is 10.9. The summed E-state index contributed by atoms with van der Waals surface area (Å²) in [7, 11) is -3.59. The first-order valence-corrected chi connectivity index (χ1v) is 12.5. The van der Waals surface area contributed by atoms with Crippen molar-refractivity contribution in [3.8, 4) is 17.6 Å². The standard InChI is InChI=1S/C22H17FN4O6S2/c1-3-32-18-11-13(4-9-17(18)33-20(29)14-5-7-16(23)8-6-14)10-15(12-24)19(28)25-21-26-27-22(34-21)35(2,30)31/h4-11H,3H2,1-2H3,(H,25,26,28). The number of hydrogen-bond acceptors (Lipinski definition) is 10. The second-order valence-electron chi connectivity index (χ2n) is 6.80. The largest absolute Gasteiger partial charge is 0.490 e. The number of amides is 1. The maximum Gasteiger partial charge on any atom is 0.343 e. The van der Waals surface area contributed by atoms with Gasteiger partial charge >= 0.3 is 5.97 Å². The molecule has 35 heavy (non-hydrogen) atoms. The monoisotopic (exact) mass is 516 g/mol. The van der Waals surface area contributed by atoms with Crippen molar-refractivity contribution in [3.05, 3.63) is 65.0 Å². The molecule has 0 aliphatic carbocycles. The lowest BCUT2D eigenvalue weighted by Gasteiger charge is -2.11. The van der Waals surface area contributed by atoms with Crippen molar-refractivity contribution in [1.82, 2.24) is 10.2 Å². The third-order valence-electron chi connectivity index (χ3n) is 4.17. The Labute approximate surface area is 203 Å². The van der Waals surface area contributed by atoms with Crippen LogP contribution in [-0.4, -0.2) is 43.4 Å². The average molecular weight is 517 g/mol. The number of anilines is 1. The maximum atomic E-state index is 13.1. The fourth-order valence-corrected chi connectivity index (χ4v) is 4.11. The van der Waals surface area contributed by atoms with Crippen molar-refractivity contribution in [1.29, 1.82) is 5.26 Å². The topological polar surface area (TPSA) is 148 Å². The third-order valence-corrected chi connectivity index (χ3v) is 6.68. The summed E-state index contributed by atoms with van der Waals surface area (Å²) in [6, 6.07) is 11.0. The molecule has 0 spiro atoms. The first kappa shape index (κ1) is 25.5. The number of nitrogens with one attached hydrogen (secondary N) is 1. The minimum absolute atomic E-state index is 0.0865. The van der Waals surface area contributed by atoms with Crippen LogP contribution in [0.3, 0.4) is 0 Å². The lowest BCUT2D eigenvalue weighted by atomic mass is 10.1. The molecule has 10 nitrogen and oxygen atoms in total. The molecule has 1 N–H and O–H groups in total. The van der Waals surface area contributed by atoms with Gasteiger partial charge in [0, 0.05) is 6.26 Å². The molecule has 2 aromatic carbocycles. The van der Waals surface area contributed by atoms with E-state index in [1.54, 1.807) is 13.0 Å². The van der Waals surface area contributed by atoms with E-state index in [4.69, 9.17) is 9.47 Å². The molecule has 3 rings (SSSR count). The van der Waals surface area contributed by atoms with Gasteiger partial charge in [-0.05, 0) is 55.0 Å². The molecular formula is C22H17FN4O6S2. The van der Waals surface area contributed by atoms with Gasteiger partial charge in [-0.25, -0.2) is 17.6 Å². The van der Waals surface area contributed by atoms with Gasteiger partial charge in [-0.15, -0.1) is 10.2 Å². The Morgan fingerprint density at radius 2 is 1.89 bits per heavy atom. The fraction of sp³-hybridized carbons (Fsp3) is 0.136. The Kier molecular flexibility index (Phi) is 7.90. The fourth-order valence-electron chi connectivity index (χ4n) is 2.60. The number of carbonyl (C=O) groups is 2. The Bertz CT molecular complexity index is 1440. The highest BCUT2D eigenvalue weighted by Crippen LogP contribution is 2.30. The number of esters is 1. The van der Waals surface area contributed by atoms with E-state index in [0.717, 1.165) is 18.4 Å². The van der Waals surface area contributed by atoms with E-state index in [-0.39, 0.29) is 38.7 Å². The van der Waals surface area contributed by atoms with Gasteiger partial charge in [0.05, 0.1) is 12.2 Å². The minimum atomic E-state index is -3.59. The second-order valence-corrected chi connectivity index (χ2v) is 9.97. The van der Waals surface area contributed by atoms with Crippen molar-refractivity contribution in [2.24, 2.45) is 0 Å². The zero-order valence-electron chi connectivity index (χ0n) is 18.3. The van der Waals surface area contributed by atoms with Crippen LogP contribution < -0.4 is 14.8 Å². The van der Waals surface area contributed by atoms with Gasteiger partial charge in [-0.1, -0.05) is 17.4 Å². The summed E-state index contributed by atoms with van der Waals surface area (Å²) in [5.74, 6) is -1.78. The highest BCUT2D eigenvalue weighted by molar-refractivity contribution is 7.92. The summed E-state index contributed by atoms with van der Waals surface area (Å²) in [4.78, 5) is 24.8. The Morgan fingerprint density at radius 3 is 2.49 bits per heavy atom. The molecule has 1 heterocycles. The molecule has 0 aliphatic heterocycles. The van der Waals surface area contributed by atoms with Gasteiger partial charge in [0.2, 0.25) is 19.3 Å². The molecule has 0 bridgehead atoms. The van der Waals surface area contributed by atoms with Crippen molar-refractivity contribution < 1.29 is 31.9 Å². The summed E-state index contributed by atoms with van der Waals surface area (Å²) in [5, 5.41) is 18.7. The van der Waals surface area contributed by atoms with E-state index in [0.29, 0.717) is 16.9 Å². The lowest BCUT2D eigenvalue weighted by molar-refractivity contribution is -0.112. The summed E-state index contributed by atoms with van der Waals surface area (Å²) in [6.07, 6.45) is 2.22. The van der Waals surface area contributed by atoms with E-state index < -0.39 is 27.5 Å². The molecule has 0 fully saturated rings. The van der Waals surface area contributed by atoms with Gasteiger partial charge < -0.3 is 9.47 Å². The van der Waals surface area contributed by atoms with Gasteiger partial charge in [0.15, 0.2) is 11.5 Å². The minimum Gasteiger partial charge on any atom is -0.490 e. The van der Waals surface area contributed by atoms with Gasteiger partial charge in [0.1, 0.15) is 17.5 Å². The predicted octanol–water partition coefficient (Wildman–Crippen LogP) is 3.24. The molecular weight excluding hydrogens is 499 g/mol. The molecule has 0 radical (unpaired) electrons. The Hall–Kier alpha value is -4.15. The van der Waals surface area contributed by atoms with Crippen molar-refractivity contribution >= 4 is 44.3 Å². The van der Waals surface area contributed by atoms with Gasteiger partial charge in [-0.3, -0.25) is 10.1 Å². The van der Waals surface area contributed by atoms with Crippen LogP contribution in [0.15, 0.2) is 52.4 Å². The number of halogens is 1. The van der Waals surface area contributed by atoms with Gasteiger partial charge in [-0.2, -0.15) is 5.26 Å². The van der Waals surface area contributed by atoms with Crippen molar-refractivity contribution in [3.63, 3.8) is 0 Å². The number of hydrogen-bond donors (Lipinski definition) is 1. The Morgan fingerprint density at radius 1 is 1.17 bits per heavy atom. The lowest BCUT2D eigenvalue weighted by Crippen LogP contribution is -2.13.